The van der Waals surface area contributed by atoms with E-state index < -0.39 is 11.8 Å². The fourth-order valence-electron chi connectivity index (χ4n) is 1.81. The Bertz CT molecular complexity index is 549. The molecule has 0 heterocycles. The number of amides is 3. The number of halogens is 1. The van der Waals surface area contributed by atoms with Crippen molar-refractivity contribution >= 4 is 23.3 Å². The second kappa shape index (κ2) is 8.97. The van der Waals surface area contributed by atoms with Gasteiger partial charge in [0.25, 0.3) is 0 Å². The summed E-state index contributed by atoms with van der Waals surface area (Å²) in [5, 5.41) is 7.57. The predicted molar refractivity (Wildman–Crippen MR) is 90.3 cm³/mol. The topological polar surface area (TPSA) is 73.5 Å². The Morgan fingerprint density at radius 2 is 1.96 bits per heavy atom. The lowest BCUT2D eigenvalue weighted by Gasteiger charge is -2.24. The number of hydrogen-bond acceptors (Lipinski definition) is 3. The van der Waals surface area contributed by atoms with Crippen LogP contribution in [0, 0.1) is 5.82 Å². The molecule has 0 atom stereocenters. The van der Waals surface area contributed by atoms with Crippen LogP contribution in [-0.2, 0) is 4.79 Å². The molecule has 0 aromatic heterocycles. The zero-order chi connectivity index (χ0) is 17.4. The first-order valence-electron chi connectivity index (χ1n) is 7.69. The van der Waals surface area contributed by atoms with Gasteiger partial charge in [-0.2, -0.15) is 0 Å². The van der Waals surface area contributed by atoms with Gasteiger partial charge in [0, 0.05) is 25.3 Å². The number of carbonyl (C=O) groups excluding carboxylic acids is 2. The summed E-state index contributed by atoms with van der Waals surface area (Å²) in [6, 6.07) is 4.09. The third-order valence-electron chi connectivity index (χ3n) is 3.34. The van der Waals surface area contributed by atoms with E-state index in [9.17, 15) is 14.0 Å². The van der Waals surface area contributed by atoms with E-state index in [0.29, 0.717) is 17.9 Å². The molecule has 0 radical (unpaired) electrons. The van der Waals surface area contributed by atoms with Crippen molar-refractivity contribution in [3.8, 4) is 0 Å². The van der Waals surface area contributed by atoms with E-state index in [1.54, 1.807) is 24.1 Å². The van der Waals surface area contributed by atoms with Gasteiger partial charge in [-0.3, -0.25) is 4.79 Å². The average Bonchev–Trinajstić information content (AvgIpc) is 2.50. The molecule has 0 aliphatic heterocycles. The molecule has 3 amide bonds. The summed E-state index contributed by atoms with van der Waals surface area (Å²) in [5.74, 6) is -0.679. The summed E-state index contributed by atoms with van der Waals surface area (Å²) in [6.45, 7) is 6.31. The van der Waals surface area contributed by atoms with E-state index in [2.05, 4.69) is 16.0 Å². The first kappa shape index (κ1) is 18.7. The molecular weight excluding hydrogens is 299 g/mol. The molecule has 0 fully saturated rings. The van der Waals surface area contributed by atoms with Crippen molar-refractivity contribution in [3.63, 3.8) is 0 Å². The largest absolute Gasteiger partial charge is 0.370 e. The molecule has 1 aromatic rings. The normalized spacial score (nSPS) is 10.3. The molecule has 1 aromatic carbocycles. The molecule has 0 saturated heterocycles. The van der Waals surface area contributed by atoms with E-state index in [-0.39, 0.29) is 18.5 Å². The second-order valence-corrected chi connectivity index (χ2v) is 5.53. The van der Waals surface area contributed by atoms with Gasteiger partial charge in [-0.15, -0.1) is 0 Å². The van der Waals surface area contributed by atoms with Crippen LogP contribution in [0.25, 0.3) is 0 Å². The van der Waals surface area contributed by atoms with E-state index >= 15 is 0 Å². The molecule has 0 bridgehead atoms. The van der Waals surface area contributed by atoms with Crippen LogP contribution in [0.4, 0.5) is 20.6 Å². The van der Waals surface area contributed by atoms with E-state index in [4.69, 9.17) is 0 Å². The number of nitrogens with zero attached hydrogens (tertiary/aromatic N) is 1. The highest BCUT2D eigenvalue weighted by Gasteiger charge is 2.12. The number of carbonyl (C=O) groups is 2. The van der Waals surface area contributed by atoms with Crippen LogP contribution < -0.4 is 20.9 Å². The average molecular weight is 324 g/mol. The van der Waals surface area contributed by atoms with E-state index in [1.165, 1.54) is 6.07 Å². The molecule has 0 aliphatic carbocycles. The van der Waals surface area contributed by atoms with Gasteiger partial charge in [0.1, 0.15) is 5.82 Å². The Hall–Kier alpha value is -2.31. The first-order valence-corrected chi connectivity index (χ1v) is 7.69. The molecule has 0 aliphatic rings. The number of nitrogens with one attached hydrogen (secondary N) is 3. The Labute approximate surface area is 136 Å². The zero-order valence-corrected chi connectivity index (χ0v) is 14.1. The lowest BCUT2D eigenvalue weighted by molar-refractivity contribution is -0.120. The minimum absolute atomic E-state index is 0.123. The molecule has 0 saturated carbocycles. The zero-order valence-electron chi connectivity index (χ0n) is 14.1. The van der Waals surface area contributed by atoms with Crippen LogP contribution in [0.3, 0.4) is 0 Å². The monoisotopic (exact) mass is 324 g/mol. The molecule has 7 heteroatoms. The van der Waals surface area contributed by atoms with Gasteiger partial charge in [-0.25, -0.2) is 9.18 Å². The predicted octanol–water partition coefficient (Wildman–Crippen LogP) is 2.32. The highest BCUT2D eigenvalue weighted by Crippen LogP contribution is 2.23. The molecule has 128 valence electrons. The summed E-state index contributed by atoms with van der Waals surface area (Å²) in [6.07, 6.45) is 0.828. The van der Waals surface area contributed by atoms with Crippen molar-refractivity contribution in [3.05, 3.63) is 24.0 Å². The van der Waals surface area contributed by atoms with Crippen molar-refractivity contribution in [2.45, 2.75) is 33.2 Å². The second-order valence-electron chi connectivity index (χ2n) is 5.53. The maximum Gasteiger partial charge on any atom is 0.319 e. The Balaban J connectivity index is 2.56. The number of urea groups is 1. The summed E-state index contributed by atoms with van der Waals surface area (Å²) in [4.78, 5) is 24.9. The summed E-state index contributed by atoms with van der Waals surface area (Å²) in [5.41, 5.74) is 0.791. The fourth-order valence-corrected chi connectivity index (χ4v) is 1.81. The standard InChI is InChI=1S/C16H25FN4O2/c1-5-8-18-15(22)10-19-16(23)20-12-6-7-14(13(17)9-12)21(4)11(2)3/h6-7,9,11H,5,8,10H2,1-4H3,(H,18,22)(H2,19,20,23). The molecule has 1 rings (SSSR count). The quantitative estimate of drug-likeness (QED) is 0.720. The van der Waals surface area contributed by atoms with Crippen LogP contribution in [0.5, 0.6) is 0 Å². The highest BCUT2D eigenvalue weighted by molar-refractivity contribution is 5.92. The van der Waals surface area contributed by atoms with E-state index in [1.807, 2.05) is 20.8 Å². The molecule has 6 nitrogen and oxygen atoms in total. The van der Waals surface area contributed by atoms with Crippen LogP contribution in [0.1, 0.15) is 27.2 Å². The van der Waals surface area contributed by atoms with Crippen molar-refractivity contribution in [2.75, 3.05) is 30.4 Å². The Morgan fingerprint density at radius 3 is 2.52 bits per heavy atom. The van der Waals surface area contributed by atoms with Gasteiger partial charge < -0.3 is 20.9 Å². The number of anilines is 2. The molecular formula is C16H25FN4O2. The van der Waals surface area contributed by atoms with Crippen molar-refractivity contribution in [2.24, 2.45) is 0 Å². The van der Waals surface area contributed by atoms with E-state index in [0.717, 1.165) is 6.42 Å². The van der Waals surface area contributed by atoms with Gasteiger partial charge in [-0.05, 0) is 38.5 Å². The third kappa shape index (κ3) is 6.14. The Kier molecular flexibility index (Phi) is 7.31. The maximum atomic E-state index is 14.1. The molecule has 23 heavy (non-hydrogen) atoms. The maximum absolute atomic E-state index is 14.1. The van der Waals surface area contributed by atoms with Gasteiger partial charge in [0.05, 0.1) is 12.2 Å². The molecule has 0 spiro atoms. The lowest BCUT2D eigenvalue weighted by atomic mass is 10.2. The molecule has 0 unspecified atom stereocenters. The molecule has 3 N–H and O–H groups in total. The lowest BCUT2D eigenvalue weighted by Crippen LogP contribution is -2.39. The first-order chi connectivity index (χ1) is 10.8. The number of rotatable bonds is 7. The Morgan fingerprint density at radius 1 is 1.26 bits per heavy atom. The van der Waals surface area contributed by atoms with Gasteiger partial charge in [0.2, 0.25) is 5.91 Å². The fraction of sp³-hybridized carbons (Fsp3) is 0.500. The van der Waals surface area contributed by atoms with Gasteiger partial charge in [-0.1, -0.05) is 6.92 Å². The SMILES string of the molecule is CCCNC(=O)CNC(=O)Nc1ccc(N(C)C(C)C)c(F)c1. The minimum Gasteiger partial charge on any atom is -0.370 e. The van der Waals surface area contributed by atoms with Crippen molar-refractivity contribution in [1.82, 2.24) is 10.6 Å². The van der Waals surface area contributed by atoms with Gasteiger partial charge in [0.15, 0.2) is 0 Å². The highest BCUT2D eigenvalue weighted by atomic mass is 19.1. The van der Waals surface area contributed by atoms with Gasteiger partial charge >= 0.3 is 6.03 Å². The summed E-state index contributed by atoms with van der Waals surface area (Å²) < 4.78 is 14.1. The van der Waals surface area contributed by atoms with Crippen LogP contribution in [0.2, 0.25) is 0 Å². The van der Waals surface area contributed by atoms with Crippen LogP contribution >= 0.6 is 0 Å². The third-order valence-corrected chi connectivity index (χ3v) is 3.34. The van der Waals surface area contributed by atoms with Crippen molar-refractivity contribution in [1.29, 1.82) is 0 Å². The number of hydrogen-bond donors (Lipinski definition) is 3. The van der Waals surface area contributed by atoms with Crippen LogP contribution in [-0.4, -0.2) is 38.1 Å². The summed E-state index contributed by atoms with van der Waals surface area (Å²) >= 11 is 0. The summed E-state index contributed by atoms with van der Waals surface area (Å²) in [7, 11) is 1.80. The van der Waals surface area contributed by atoms with Crippen molar-refractivity contribution < 1.29 is 14.0 Å². The smallest absolute Gasteiger partial charge is 0.319 e. The number of benzene rings is 1. The van der Waals surface area contributed by atoms with Crippen LogP contribution in [0.15, 0.2) is 18.2 Å². The minimum atomic E-state index is -0.555.